The molecule has 1 unspecified atom stereocenters. The minimum atomic E-state index is -0.227. The van der Waals surface area contributed by atoms with Crippen LogP contribution in [0.15, 0.2) is 40.9 Å². The fourth-order valence-corrected chi connectivity index (χ4v) is 2.89. The van der Waals surface area contributed by atoms with Gasteiger partial charge in [-0.25, -0.2) is 4.39 Å². The molecule has 0 heterocycles. The molecule has 0 spiro atoms. The number of benzene rings is 2. The third-order valence-electron chi connectivity index (χ3n) is 3.04. The number of hydrogen-bond donors (Lipinski definition) is 1. The first-order valence-corrected chi connectivity index (χ1v) is 7.64. The minimum Gasteiger partial charge on any atom is -0.306 e. The molecule has 0 radical (unpaired) electrons. The zero-order chi connectivity index (χ0) is 14.7. The van der Waals surface area contributed by atoms with E-state index in [2.05, 4.69) is 21.2 Å². The van der Waals surface area contributed by atoms with E-state index >= 15 is 0 Å². The number of halogens is 4. The van der Waals surface area contributed by atoms with E-state index in [1.54, 1.807) is 24.3 Å². The lowest BCUT2D eigenvalue weighted by atomic mass is 10.1. The van der Waals surface area contributed by atoms with Gasteiger partial charge in [0.15, 0.2) is 0 Å². The summed E-state index contributed by atoms with van der Waals surface area (Å²) in [6.45, 7) is 2.40. The van der Waals surface area contributed by atoms with Gasteiger partial charge in [-0.3, -0.25) is 0 Å². The summed E-state index contributed by atoms with van der Waals surface area (Å²) < 4.78 is 14.5. The van der Waals surface area contributed by atoms with Gasteiger partial charge in [0.25, 0.3) is 0 Å². The molecule has 1 N–H and O–H groups in total. The Labute approximate surface area is 136 Å². The number of nitrogens with one attached hydrogen (secondary N) is 1. The fraction of sp³-hybridized carbons (Fsp3) is 0.200. The Balaban J connectivity index is 2.08. The van der Waals surface area contributed by atoms with Gasteiger partial charge in [-0.05, 0) is 42.8 Å². The maximum absolute atomic E-state index is 13.7. The third-order valence-corrected chi connectivity index (χ3v) is 4.09. The SMILES string of the molecule is CC(NCc1cc(Br)ccc1F)c1ccc(Cl)cc1Cl. The smallest absolute Gasteiger partial charge is 0.127 e. The minimum absolute atomic E-state index is 0.00171. The molecular weight excluding hydrogens is 364 g/mol. The molecular formula is C15H13BrCl2FN. The molecule has 0 aliphatic rings. The summed E-state index contributed by atoms with van der Waals surface area (Å²) in [4.78, 5) is 0. The fourth-order valence-electron chi connectivity index (χ4n) is 1.90. The van der Waals surface area contributed by atoms with Crippen LogP contribution < -0.4 is 5.32 Å². The zero-order valence-corrected chi connectivity index (χ0v) is 13.9. The highest BCUT2D eigenvalue weighted by Gasteiger charge is 2.11. The lowest BCUT2D eigenvalue weighted by Gasteiger charge is -2.16. The van der Waals surface area contributed by atoms with E-state index in [0.29, 0.717) is 22.2 Å². The first kappa shape index (κ1) is 15.8. The standard InChI is InChI=1S/C15H13BrCl2FN/c1-9(13-4-3-12(17)7-14(13)18)20-8-10-6-11(16)2-5-15(10)19/h2-7,9,20H,8H2,1H3. The number of hydrogen-bond acceptors (Lipinski definition) is 1. The van der Waals surface area contributed by atoms with E-state index in [0.717, 1.165) is 10.0 Å². The summed E-state index contributed by atoms with van der Waals surface area (Å²) in [6, 6.07) is 10.3. The van der Waals surface area contributed by atoms with Gasteiger partial charge in [-0.1, -0.05) is 45.2 Å². The lowest BCUT2D eigenvalue weighted by molar-refractivity contribution is 0.544. The monoisotopic (exact) mass is 375 g/mol. The van der Waals surface area contributed by atoms with Gasteiger partial charge in [0, 0.05) is 32.7 Å². The van der Waals surface area contributed by atoms with Crippen LogP contribution >= 0.6 is 39.1 Å². The Bertz CT molecular complexity index is 619. The average Bonchev–Trinajstić information content (AvgIpc) is 2.39. The topological polar surface area (TPSA) is 12.0 Å². The van der Waals surface area contributed by atoms with Crippen molar-refractivity contribution in [3.8, 4) is 0 Å². The predicted molar refractivity (Wildman–Crippen MR) is 85.8 cm³/mol. The second-order valence-electron chi connectivity index (χ2n) is 4.50. The molecule has 1 atom stereocenters. The van der Waals surface area contributed by atoms with Crippen LogP contribution in [0.5, 0.6) is 0 Å². The summed E-state index contributed by atoms with van der Waals surface area (Å²) in [5.74, 6) is -0.227. The predicted octanol–water partition coefficient (Wildman–Crippen LogP) is 5.75. The third kappa shape index (κ3) is 3.95. The molecule has 0 amide bonds. The van der Waals surface area contributed by atoms with Crippen LogP contribution in [-0.2, 0) is 6.54 Å². The highest BCUT2D eigenvalue weighted by molar-refractivity contribution is 9.10. The molecule has 2 rings (SSSR count). The molecule has 20 heavy (non-hydrogen) atoms. The van der Waals surface area contributed by atoms with E-state index in [9.17, 15) is 4.39 Å². The summed E-state index contributed by atoms with van der Waals surface area (Å²) >= 11 is 15.4. The van der Waals surface area contributed by atoms with E-state index in [1.807, 2.05) is 13.0 Å². The molecule has 106 valence electrons. The van der Waals surface area contributed by atoms with E-state index in [-0.39, 0.29) is 11.9 Å². The van der Waals surface area contributed by atoms with Crippen molar-refractivity contribution in [2.75, 3.05) is 0 Å². The van der Waals surface area contributed by atoms with Crippen LogP contribution in [0.2, 0.25) is 10.0 Å². The second-order valence-corrected chi connectivity index (χ2v) is 6.26. The van der Waals surface area contributed by atoms with Crippen molar-refractivity contribution in [3.63, 3.8) is 0 Å². The van der Waals surface area contributed by atoms with Crippen LogP contribution in [0, 0.1) is 5.82 Å². The van der Waals surface area contributed by atoms with Crippen LogP contribution in [-0.4, -0.2) is 0 Å². The van der Waals surface area contributed by atoms with Gasteiger partial charge in [-0.2, -0.15) is 0 Å². The molecule has 0 saturated heterocycles. The molecule has 0 bridgehead atoms. The zero-order valence-electron chi connectivity index (χ0n) is 10.8. The van der Waals surface area contributed by atoms with E-state index < -0.39 is 0 Å². The molecule has 0 fully saturated rings. The van der Waals surface area contributed by atoms with Crippen molar-refractivity contribution in [2.24, 2.45) is 0 Å². The Hall–Kier alpha value is -0.610. The van der Waals surface area contributed by atoms with Crippen LogP contribution in [0.4, 0.5) is 4.39 Å². The maximum Gasteiger partial charge on any atom is 0.127 e. The summed E-state index contributed by atoms with van der Waals surface area (Å²) in [5, 5.41) is 4.46. The van der Waals surface area contributed by atoms with Gasteiger partial charge in [-0.15, -0.1) is 0 Å². The highest BCUT2D eigenvalue weighted by atomic mass is 79.9. The van der Waals surface area contributed by atoms with Crippen LogP contribution in [0.25, 0.3) is 0 Å². The Kier molecular flexibility index (Phi) is 5.44. The van der Waals surface area contributed by atoms with Gasteiger partial charge in [0.2, 0.25) is 0 Å². The quantitative estimate of drug-likeness (QED) is 0.716. The first-order valence-electron chi connectivity index (χ1n) is 6.09. The molecule has 0 saturated carbocycles. The van der Waals surface area contributed by atoms with Crippen LogP contribution in [0.1, 0.15) is 24.1 Å². The van der Waals surface area contributed by atoms with Crippen molar-refractivity contribution in [3.05, 3.63) is 67.9 Å². The molecule has 0 aliphatic heterocycles. The summed E-state index contributed by atoms with van der Waals surface area (Å²) in [5.41, 5.74) is 1.54. The maximum atomic E-state index is 13.7. The molecule has 0 aromatic heterocycles. The van der Waals surface area contributed by atoms with Gasteiger partial charge >= 0.3 is 0 Å². The van der Waals surface area contributed by atoms with Crippen molar-refractivity contribution in [1.29, 1.82) is 0 Å². The normalized spacial score (nSPS) is 12.4. The van der Waals surface area contributed by atoms with E-state index in [4.69, 9.17) is 23.2 Å². The Morgan fingerprint density at radius 1 is 1.20 bits per heavy atom. The summed E-state index contributed by atoms with van der Waals surface area (Å²) in [6.07, 6.45) is 0. The van der Waals surface area contributed by atoms with Crippen molar-refractivity contribution in [2.45, 2.75) is 19.5 Å². The van der Waals surface area contributed by atoms with Gasteiger partial charge in [0.05, 0.1) is 0 Å². The van der Waals surface area contributed by atoms with E-state index in [1.165, 1.54) is 6.07 Å². The Morgan fingerprint density at radius 3 is 2.65 bits per heavy atom. The molecule has 5 heteroatoms. The number of rotatable bonds is 4. The molecule has 2 aromatic carbocycles. The van der Waals surface area contributed by atoms with Crippen molar-refractivity contribution in [1.82, 2.24) is 5.32 Å². The Morgan fingerprint density at radius 2 is 1.95 bits per heavy atom. The molecule has 0 aliphatic carbocycles. The summed E-state index contributed by atoms with van der Waals surface area (Å²) in [7, 11) is 0. The van der Waals surface area contributed by atoms with Gasteiger partial charge in [0.1, 0.15) is 5.82 Å². The highest BCUT2D eigenvalue weighted by Crippen LogP contribution is 2.26. The van der Waals surface area contributed by atoms with Crippen molar-refractivity contribution >= 4 is 39.1 Å². The van der Waals surface area contributed by atoms with Gasteiger partial charge < -0.3 is 5.32 Å². The largest absolute Gasteiger partial charge is 0.306 e. The average molecular weight is 377 g/mol. The first-order chi connectivity index (χ1) is 9.47. The van der Waals surface area contributed by atoms with Crippen LogP contribution in [0.3, 0.4) is 0 Å². The second kappa shape index (κ2) is 6.90. The van der Waals surface area contributed by atoms with Crippen molar-refractivity contribution < 1.29 is 4.39 Å². The molecule has 1 nitrogen and oxygen atoms in total. The lowest BCUT2D eigenvalue weighted by Crippen LogP contribution is -2.19. The molecule has 2 aromatic rings.